The molecule has 1 N–H and O–H groups in total. The molecular weight excluding hydrogens is 406 g/mol. The van der Waals surface area contributed by atoms with Gasteiger partial charge in [-0.05, 0) is 49.6 Å². The highest BCUT2D eigenvalue weighted by Crippen LogP contribution is 2.31. The molecule has 2 aliphatic rings. The highest BCUT2D eigenvalue weighted by Gasteiger charge is 2.28. The van der Waals surface area contributed by atoms with Gasteiger partial charge in [-0.3, -0.25) is 14.5 Å². The van der Waals surface area contributed by atoms with E-state index in [9.17, 15) is 9.59 Å². The van der Waals surface area contributed by atoms with E-state index in [0.717, 1.165) is 36.8 Å². The standard InChI is InChI=1S/C24H25N5O3/c1-28-12-6-13-29(22-21(28)26-18-9-2-3-10-19(18)27-22)24(31)16-7-4-8-17(15-16)25-23(30)20-11-5-14-32-20/h2-4,7-10,15,20H,5-6,11-14H2,1H3,(H,25,30). The molecule has 0 saturated carbocycles. The predicted molar refractivity (Wildman–Crippen MR) is 123 cm³/mol. The van der Waals surface area contributed by atoms with E-state index < -0.39 is 6.10 Å². The van der Waals surface area contributed by atoms with E-state index in [0.29, 0.717) is 36.0 Å². The number of amides is 2. The van der Waals surface area contributed by atoms with Gasteiger partial charge in [-0.2, -0.15) is 0 Å². The number of carbonyl (C=O) groups is 2. The summed E-state index contributed by atoms with van der Waals surface area (Å²) in [5.74, 6) is 0.908. The molecule has 5 rings (SSSR count). The SMILES string of the molecule is CN1CCCN(C(=O)c2cccc(NC(=O)C3CCCO3)c2)c2nc3ccccc3nc21. The minimum Gasteiger partial charge on any atom is -0.368 e. The molecule has 3 heterocycles. The van der Waals surface area contributed by atoms with Crippen LogP contribution < -0.4 is 15.1 Å². The topological polar surface area (TPSA) is 87.7 Å². The second-order valence-corrected chi connectivity index (χ2v) is 8.16. The zero-order valence-electron chi connectivity index (χ0n) is 18.0. The summed E-state index contributed by atoms with van der Waals surface area (Å²) < 4.78 is 5.45. The van der Waals surface area contributed by atoms with Gasteiger partial charge in [0.15, 0.2) is 11.6 Å². The molecule has 2 amide bonds. The summed E-state index contributed by atoms with van der Waals surface area (Å²) in [6.07, 6.45) is 1.97. The van der Waals surface area contributed by atoms with Crippen LogP contribution >= 0.6 is 0 Å². The Labute approximate surface area is 186 Å². The molecule has 0 aliphatic carbocycles. The van der Waals surface area contributed by atoms with Crippen molar-refractivity contribution in [1.82, 2.24) is 9.97 Å². The van der Waals surface area contributed by atoms with E-state index in [1.807, 2.05) is 36.2 Å². The van der Waals surface area contributed by atoms with Gasteiger partial charge in [-0.15, -0.1) is 0 Å². The molecule has 2 aliphatic heterocycles. The molecule has 1 unspecified atom stereocenters. The van der Waals surface area contributed by atoms with Crippen molar-refractivity contribution < 1.29 is 14.3 Å². The highest BCUT2D eigenvalue weighted by atomic mass is 16.5. The maximum Gasteiger partial charge on any atom is 0.259 e. The minimum atomic E-state index is -0.425. The Morgan fingerprint density at radius 3 is 2.53 bits per heavy atom. The first kappa shape index (κ1) is 20.4. The number of nitrogens with one attached hydrogen (secondary N) is 1. The number of fused-ring (bicyclic) bond motifs is 2. The van der Waals surface area contributed by atoms with Crippen molar-refractivity contribution in [3.63, 3.8) is 0 Å². The molecule has 3 aromatic rings. The van der Waals surface area contributed by atoms with Gasteiger partial charge in [-0.1, -0.05) is 18.2 Å². The molecule has 8 heteroatoms. The lowest BCUT2D eigenvalue weighted by atomic mass is 10.1. The number of nitrogens with zero attached hydrogens (tertiary/aromatic N) is 4. The van der Waals surface area contributed by atoms with E-state index in [4.69, 9.17) is 14.7 Å². The van der Waals surface area contributed by atoms with Crippen LogP contribution in [-0.4, -0.2) is 54.6 Å². The normalized spacial score (nSPS) is 18.3. The smallest absolute Gasteiger partial charge is 0.259 e. The lowest BCUT2D eigenvalue weighted by Crippen LogP contribution is -2.32. The van der Waals surface area contributed by atoms with Crippen molar-refractivity contribution >= 4 is 40.2 Å². The first-order chi connectivity index (χ1) is 15.6. The molecule has 2 aromatic carbocycles. The van der Waals surface area contributed by atoms with Gasteiger partial charge in [0.25, 0.3) is 11.8 Å². The zero-order chi connectivity index (χ0) is 22.1. The fraction of sp³-hybridized carbons (Fsp3) is 0.333. The number of benzene rings is 2. The number of aromatic nitrogens is 2. The van der Waals surface area contributed by atoms with Gasteiger partial charge < -0.3 is 15.0 Å². The van der Waals surface area contributed by atoms with Gasteiger partial charge in [0.2, 0.25) is 0 Å². The molecule has 1 atom stereocenters. The summed E-state index contributed by atoms with van der Waals surface area (Å²) in [4.78, 5) is 39.3. The van der Waals surface area contributed by atoms with Gasteiger partial charge >= 0.3 is 0 Å². The Bertz CT molecular complexity index is 1180. The summed E-state index contributed by atoms with van der Waals surface area (Å²) in [7, 11) is 1.97. The molecule has 1 saturated heterocycles. The third-order valence-electron chi connectivity index (χ3n) is 5.87. The van der Waals surface area contributed by atoms with Crippen molar-refractivity contribution in [3.05, 3.63) is 54.1 Å². The number of carbonyl (C=O) groups excluding carboxylic acids is 2. The average Bonchev–Trinajstić information content (AvgIpc) is 3.31. The maximum absolute atomic E-state index is 13.6. The van der Waals surface area contributed by atoms with Crippen LogP contribution in [0.2, 0.25) is 0 Å². The van der Waals surface area contributed by atoms with E-state index in [1.54, 1.807) is 29.2 Å². The Kier molecular flexibility index (Phi) is 5.45. The number of hydrogen-bond acceptors (Lipinski definition) is 6. The van der Waals surface area contributed by atoms with Crippen LogP contribution in [0.25, 0.3) is 11.0 Å². The van der Waals surface area contributed by atoms with Crippen molar-refractivity contribution in [2.24, 2.45) is 0 Å². The summed E-state index contributed by atoms with van der Waals surface area (Å²) in [6.45, 7) is 1.92. The molecule has 8 nitrogen and oxygen atoms in total. The van der Waals surface area contributed by atoms with Gasteiger partial charge in [0.1, 0.15) is 6.10 Å². The molecule has 1 aromatic heterocycles. The lowest BCUT2D eigenvalue weighted by molar-refractivity contribution is -0.124. The van der Waals surface area contributed by atoms with Crippen molar-refractivity contribution in [2.45, 2.75) is 25.4 Å². The molecule has 0 radical (unpaired) electrons. The van der Waals surface area contributed by atoms with E-state index in [-0.39, 0.29) is 11.8 Å². The number of ether oxygens (including phenoxy) is 1. The molecule has 164 valence electrons. The van der Waals surface area contributed by atoms with Crippen LogP contribution in [0.5, 0.6) is 0 Å². The summed E-state index contributed by atoms with van der Waals surface area (Å²) in [6, 6.07) is 14.7. The fourth-order valence-electron chi connectivity index (χ4n) is 4.19. The Morgan fingerprint density at radius 1 is 1.00 bits per heavy atom. The zero-order valence-corrected chi connectivity index (χ0v) is 18.0. The first-order valence-electron chi connectivity index (χ1n) is 10.9. The maximum atomic E-state index is 13.6. The fourth-order valence-corrected chi connectivity index (χ4v) is 4.19. The lowest BCUT2D eigenvalue weighted by Gasteiger charge is -2.23. The Morgan fingerprint density at radius 2 is 1.78 bits per heavy atom. The third kappa shape index (κ3) is 3.89. The predicted octanol–water partition coefficient (Wildman–Crippen LogP) is 3.23. The van der Waals surface area contributed by atoms with E-state index in [2.05, 4.69) is 5.32 Å². The van der Waals surface area contributed by atoms with Gasteiger partial charge in [0, 0.05) is 38.0 Å². The van der Waals surface area contributed by atoms with Crippen LogP contribution in [-0.2, 0) is 9.53 Å². The molecule has 0 spiro atoms. The van der Waals surface area contributed by atoms with Crippen LogP contribution in [0, 0.1) is 0 Å². The Balaban J connectivity index is 1.46. The molecule has 32 heavy (non-hydrogen) atoms. The average molecular weight is 431 g/mol. The largest absolute Gasteiger partial charge is 0.368 e. The van der Waals surface area contributed by atoms with Crippen LogP contribution in [0.4, 0.5) is 17.3 Å². The summed E-state index contributed by atoms with van der Waals surface area (Å²) in [5.41, 5.74) is 2.61. The van der Waals surface area contributed by atoms with Gasteiger partial charge in [0.05, 0.1) is 11.0 Å². The molecule has 0 bridgehead atoms. The summed E-state index contributed by atoms with van der Waals surface area (Å²) in [5, 5.41) is 2.87. The van der Waals surface area contributed by atoms with E-state index in [1.165, 1.54) is 0 Å². The van der Waals surface area contributed by atoms with Gasteiger partial charge in [-0.25, -0.2) is 9.97 Å². The van der Waals surface area contributed by atoms with Crippen molar-refractivity contribution in [1.29, 1.82) is 0 Å². The Hall–Kier alpha value is -3.52. The third-order valence-corrected chi connectivity index (χ3v) is 5.87. The van der Waals surface area contributed by atoms with Crippen molar-refractivity contribution in [2.75, 3.05) is 41.9 Å². The quantitative estimate of drug-likeness (QED) is 0.685. The second-order valence-electron chi connectivity index (χ2n) is 8.16. The number of rotatable bonds is 3. The molecule has 1 fully saturated rings. The van der Waals surface area contributed by atoms with Crippen LogP contribution in [0.3, 0.4) is 0 Å². The first-order valence-corrected chi connectivity index (χ1v) is 10.9. The second kappa shape index (κ2) is 8.55. The highest BCUT2D eigenvalue weighted by molar-refractivity contribution is 6.08. The van der Waals surface area contributed by atoms with Crippen LogP contribution in [0.1, 0.15) is 29.6 Å². The summed E-state index contributed by atoms with van der Waals surface area (Å²) >= 11 is 0. The number of hydrogen-bond donors (Lipinski definition) is 1. The van der Waals surface area contributed by atoms with Crippen molar-refractivity contribution in [3.8, 4) is 0 Å². The van der Waals surface area contributed by atoms with Crippen LogP contribution in [0.15, 0.2) is 48.5 Å². The number of anilines is 3. The number of para-hydroxylation sites is 2. The van der Waals surface area contributed by atoms with E-state index >= 15 is 0 Å². The molecular formula is C24H25N5O3. The monoisotopic (exact) mass is 431 g/mol. The minimum absolute atomic E-state index is 0.167.